The molecule has 0 spiro atoms. The summed E-state index contributed by atoms with van der Waals surface area (Å²) in [5.74, 6) is 0.260. The van der Waals surface area contributed by atoms with E-state index >= 15 is 0 Å². The Morgan fingerprint density at radius 2 is 2.12 bits per heavy atom. The topological polar surface area (TPSA) is 71.8 Å². The van der Waals surface area contributed by atoms with Gasteiger partial charge in [0.2, 0.25) is 5.91 Å². The second kappa shape index (κ2) is 7.91. The van der Waals surface area contributed by atoms with E-state index in [1.54, 1.807) is 30.2 Å². The molecule has 1 fully saturated rings. The Balaban J connectivity index is 1.60. The SMILES string of the molecule is C=CCN1C(=O)[C@@H]([C@H](C)NC(=O)OCc2ccccc2)[C@@H]1c1ccco1. The number of nitrogens with zero attached hydrogens (tertiary/aromatic N) is 1. The lowest BCUT2D eigenvalue weighted by molar-refractivity contribution is -0.158. The number of likely N-dealkylation sites (tertiary alicyclic amines) is 1. The number of amides is 2. The van der Waals surface area contributed by atoms with Crippen LogP contribution in [0.15, 0.2) is 65.8 Å². The molecule has 0 saturated carbocycles. The van der Waals surface area contributed by atoms with E-state index in [9.17, 15) is 9.59 Å². The number of ether oxygens (including phenoxy) is 1. The minimum atomic E-state index is -0.547. The van der Waals surface area contributed by atoms with Crippen LogP contribution in [0.3, 0.4) is 0 Å². The number of benzene rings is 1. The lowest BCUT2D eigenvalue weighted by atomic mass is 9.80. The third-order valence-corrected chi connectivity index (χ3v) is 4.50. The Kier molecular flexibility index (Phi) is 5.41. The fraction of sp³-hybridized carbons (Fsp3) is 0.300. The second-order valence-electron chi connectivity index (χ2n) is 6.26. The molecule has 1 N–H and O–H groups in total. The normalized spacial score (nSPS) is 20.2. The summed E-state index contributed by atoms with van der Waals surface area (Å²) in [6, 6.07) is 12.4. The van der Waals surface area contributed by atoms with Crippen molar-refractivity contribution in [2.24, 2.45) is 5.92 Å². The van der Waals surface area contributed by atoms with Crippen LogP contribution in [0, 0.1) is 5.92 Å². The Morgan fingerprint density at radius 1 is 1.35 bits per heavy atom. The van der Waals surface area contributed by atoms with E-state index in [0.29, 0.717) is 12.3 Å². The Labute approximate surface area is 152 Å². The van der Waals surface area contributed by atoms with Crippen molar-refractivity contribution in [3.8, 4) is 0 Å². The molecular formula is C20H22N2O4. The quantitative estimate of drug-likeness (QED) is 0.612. The minimum Gasteiger partial charge on any atom is -0.467 e. The summed E-state index contributed by atoms with van der Waals surface area (Å²) >= 11 is 0. The van der Waals surface area contributed by atoms with Crippen LogP contribution in [0.4, 0.5) is 4.79 Å². The van der Waals surface area contributed by atoms with Gasteiger partial charge in [-0.15, -0.1) is 6.58 Å². The fourth-order valence-corrected chi connectivity index (χ4v) is 3.24. The highest BCUT2D eigenvalue weighted by molar-refractivity contribution is 5.87. The van der Waals surface area contributed by atoms with Gasteiger partial charge in [-0.25, -0.2) is 4.79 Å². The minimum absolute atomic E-state index is 0.0397. The molecule has 1 aromatic carbocycles. The average Bonchev–Trinajstić information content (AvgIpc) is 3.16. The van der Waals surface area contributed by atoms with Gasteiger partial charge >= 0.3 is 6.09 Å². The van der Waals surface area contributed by atoms with Gasteiger partial charge in [0, 0.05) is 12.6 Å². The van der Waals surface area contributed by atoms with Gasteiger partial charge in [0.15, 0.2) is 0 Å². The van der Waals surface area contributed by atoms with Crippen molar-refractivity contribution >= 4 is 12.0 Å². The molecule has 1 aliphatic heterocycles. The van der Waals surface area contributed by atoms with Crippen LogP contribution in [0.5, 0.6) is 0 Å². The zero-order chi connectivity index (χ0) is 18.5. The number of hydrogen-bond donors (Lipinski definition) is 1. The predicted molar refractivity (Wildman–Crippen MR) is 96.1 cm³/mol. The number of rotatable bonds is 7. The van der Waals surface area contributed by atoms with Crippen LogP contribution >= 0.6 is 0 Å². The van der Waals surface area contributed by atoms with Crippen molar-refractivity contribution in [2.45, 2.75) is 25.6 Å². The van der Waals surface area contributed by atoms with Crippen LogP contribution in [-0.4, -0.2) is 29.5 Å². The largest absolute Gasteiger partial charge is 0.467 e. The van der Waals surface area contributed by atoms with Gasteiger partial charge in [0.25, 0.3) is 0 Å². The molecule has 2 aromatic rings. The van der Waals surface area contributed by atoms with Crippen molar-refractivity contribution in [1.29, 1.82) is 0 Å². The molecule has 0 radical (unpaired) electrons. The molecule has 0 unspecified atom stereocenters. The fourth-order valence-electron chi connectivity index (χ4n) is 3.24. The lowest BCUT2D eigenvalue weighted by Crippen LogP contribution is -2.61. The van der Waals surface area contributed by atoms with Crippen molar-refractivity contribution in [2.75, 3.05) is 6.54 Å². The standard InChI is InChI=1S/C20H22N2O4/c1-3-11-22-18(16-10-7-12-25-16)17(19(22)23)14(2)21-20(24)26-13-15-8-5-4-6-9-15/h3-10,12,14,17-18H,1,11,13H2,2H3,(H,21,24)/t14-,17-,18-/m0/s1. The van der Waals surface area contributed by atoms with Gasteiger partial charge in [-0.2, -0.15) is 0 Å². The maximum absolute atomic E-state index is 12.5. The molecule has 136 valence electrons. The summed E-state index contributed by atoms with van der Waals surface area (Å²) in [4.78, 5) is 26.3. The van der Waals surface area contributed by atoms with E-state index in [1.165, 1.54) is 0 Å². The van der Waals surface area contributed by atoms with Crippen LogP contribution in [0.25, 0.3) is 0 Å². The van der Waals surface area contributed by atoms with Crippen molar-refractivity contribution < 1.29 is 18.7 Å². The Hall–Kier alpha value is -3.02. The highest BCUT2D eigenvalue weighted by Gasteiger charge is 2.51. The number of alkyl carbamates (subject to hydrolysis) is 1. The van der Waals surface area contributed by atoms with Crippen molar-refractivity contribution in [3.05, 3.63) is 72.7 Å². The van der Waals surface area contributed by atoms with E-state index in [-0.39, 0.29) is 24.6 Å². The number of β-lactam (4-membered cyclic amide) rings is 1. The molecule has 26 heavy (non-hydrogen) atoms. The lowest BCUT2D eigenvalue weighted by Gasteiger charge is -2.48. The highest BCUT2D eigenvalue weighted by Crippen LogP contribution is 2.42. The smallest absolute Gasteiger partial charge is 0.407 e. The van der Waals surface area contributed by atoms with Crippen LogP contribution in [-0.2, 0) is 16.1 Å². The molecule has 6 heteroatoms. The maximum Gasteiger partial charge on any atom is 0.407 e. The van der Waals surface area contributed by atoms with Gasteiger partial charge in [0.05, 0.1) is 12.2 Å². The maximum atomic E-state index is 12.5. The van der Waals surface area contributed by atoms with Crippen LogP contribution < -0.4 is 5.32 Å². The highest BCUT2D eigenvalue weighted by atomic mass is 16.5. The zero-order valence-electron chi connectivity index (χ0n) is 14.6. The first-order valence-electron chi connectivity index (χ1n) is 8.54. The van der Waals surface area contributed by atoms with Crippen molar-refractivity contribution in [3.63, 3.8) is 0 Å². The Morgan fingerprint density at radius 3 is 2.77 bits per heavy atom. The zero-order valence-corrected chi connectivity index (χ0v) is 14.6. The number of hydrogen-bond acceptors (Lipinski definition) is 4. The third kappa shape index (κ3) is 3.64. The van der Waals surface area contributed by atoms with Gasteiger partial charge in [0.1, 0.15) is 18.4 Å². The third-order valence-electron chi connectivity index (χ3n) is 4.50. The van der Waals surface area contributed by atoms with E-state index in [1.807, 2.05) is 36.4 Å². The van der Waals surface area contributed by atoms with Crippen LogP contribution in [0.1, 0.15) is 24.3 Å². The summed E-state index contributed by atoms with van der Waals surface area (Å²) in [5, 5.41) is 2.76. The molecule has 1 saturated heterocycles. The van der Waals surface area contributed by atoms with Gasteiger partial charge in [-0.1, -0.05) is 36.4 Å². The number of nitrogens with one attached hydrogen (secondary N) is 1. The molecule has 6 nitrogen and oxygen atoms in total. The molecule has 1 aliphatic rings. The molecule has 2 heterocycles. The first-order valence-corrected chi connectivity index (χ1v) is 8.54. The van der Waals surface area contributed by atoms with Gasteiger partial charge in [-0.05, 0) is 24.6 Å². The Bertz CT molecular complexity index is 757. The molecule has 2 amide bonds. The molecule has 0 bridgehead atoms. The summed E-state index contributed by atoms with van der Waals surface area (Å²) in [7, 11) is 0. The first-order chi connectivity index (χ1) is 12.6. The summed E-state index contributed by atoms with van der Waals surface area (Å²) in [6.07, 6.45) is 2.71. The molecular weight excluding hydrogens is 332 g/mol. The average molecular weight is 354 g/mol. The molecule has 3 rings (SSSR count). The van der Waals surface area contributed by atoms with Gasteiger partial charge < -0.3 is 19.4 Å². The second-order valence-corrected chi connectivity index (χ2v) is 6.26. The van der Waals surface area contributed by atoms with E-state index in [0.717, 1.165) is 5.56 Å². The van der Waals surface area contributed by atoms with Gasteiger partial charge in [-0.3, -0.25) is 4.79 Å². The number of furan rings is 1. The monoisotopic (exact) mass is 354 g/mol. The first kappa shape index (κ1) is 17.8. The van der Waals surface area contributed by atoms with E-state index < -0.39 is 12.0 Å². The summed E-state index contributed by atoms with van der Waals surface area (Å²) in [5.41, 5.74) is 0.903. The predicted octanol–water partition coefficient (Wildman–Crippen LogP) is 3.28. The van der Waals surface area contributed by atoms with E-state index in [4.69, 9.17) is 9.15 Å². The molecule has 1 aromatic heterocycles. The number of carbonyl (C=O) groups excluding carboxylic acids is 2. The molecule has 0 aliphatic carbocycles. The molecule has 3 atom stereocenters. The van der Waals surface area contributed by atoms with Crippen molar-refractivity contribution in [1.82, 2.24) is 10.2 Å². The number of carbonyl (C=O) groups is 2. The summed E-state index contributed by atoms with van der Waals surface area (Å²) in [6.45, 7) is 6.11. The summed E-state index contributed by atoms with van der Waals surface area (Å²) < 4.78 is 10.7. The van der Waals surface area contributed by atoms with Crippen LogP contribution in [0.2, 0.25) is 0 Å². The van der Waals surface area contributed by atoms with E-state index in [2.05, 4.69) is 11.9 Å².